The van der Waals surface area contributed by atoms with Crippen LogP contribution in [0.3, 0.4) is 0 Å². The number of aliphatic hydroxyl groups excluding tert-OH is 1. The van der Waals surface area contributed by atoms with Gasteiger partial charge in [-0.2, -0.15) is 0 Å². The number of aliphatic hydroxyl groups is 1. The summed E-state index contributed by atoms with van der Waals surface area (Å²) in [7, 11) is 0.979. The lowest BCUT2D eigenvalue weighted by Crippen LogP contribution is -2.37. The SMILES string of the molecule is CC/C=C\C/C=C\C/C=C\C/C=C\C/C=C\C=C/C(O)CCC(=O)O[C@H](COC(=O)CCCC/C=C\C/C=C\C/C=C\CCCCC)COP(=O)([O-])OCC[N+](C)(C)C. The maximum absolute atomic E-state index is 12.7. The third-order valence-electron chi connectivity index (χ3n) is 8.39. The molecule has 0 bridgehead atoms. The number of allylic oxidation sites excluding steroid dienone is 17. The quantitative estimate of drug-likeness (QED) is 0.0162. The van der Waals surface area contributed by atoms with E-state index in [1.165, 1.54) is 19.3 Å². The Hall–Kier alpha value is -3.37. The van der Waals surface area contributed by atoms with E-state index in [4.69, 9.17) is 18.5 Å². The average molecular weight is 844 g/mol. The van der Waals surface area contributed by atoms with Crippen molar-refractivity contribution in [1.29, 1.82) is 0 Å². The fourth-order valence-electron chi connectivity index (χ4n) is 4.94. The Bertz CT molecular complexity index is 1380. The molecule has 59 heavy (non-hydrogen) atoms. The van der Waals surface area contributed by atoms with E-state index in [1.54, 1.807) is 12.2 Å². The van der Waals surface area contributed by atoms with Gasteiger partial charge in [0.05, 0.1) is 33.9 Å². The van der Waals surface area contributed by atoms with Crippen LogP contribution < -0.4 is 4.89 Å². The molecule has 10 nitrogen and oxygen atoms in total. The molecule has 0 saturated carbocycles. The van der Waals surface area contributed by atoms with E-state index in [-0.39, 0.29) is 32.5 Å². The van der Waals surface area contributed by atoms with Crippen molar-refractivity contribution in [3.8, 4) is 0 Å². The van der Waals surface area contributed by atoms with Gasteiger partial charge < -0.3 is 33.0 Å². The van der Waals surface area contributed by atoms with E-state index in [1.807, 2.05) is 33.3 Å². The molecule has 0 amide bonds. The second-order valence-electron chi connectivity index (χ2n) is 15.2. The number of rotatable bonds is 37. The van der Waals surface area contributed by atoms with Crippen molar-refractivity contribution >= 4 is 19.8 Å². The van der Waals surface area contributed by atoms with Crippen molar-refractivity contribution in [3.63, 3.8) is 0 Å². The number of phosphoric ester groups is 1. The lowest BCUT2D eigenvalue weighted by atomic mass is 10.1. The highest BCUT2D eigenvalue weighted by Gasteiger charge is 2.22. The summed E-state index contributed by atoms with van der Waals surface area (Å²) >= 11 is 0. The molecular formula is C48H78NO9P. The molecule has 0 aromatic rings. The highest BCUT2D eigenvalue weighted by Crippen LogP contribution is 2.38. The van der Waals surface area contributed by atoms with E-state index < -0.39 is 38.6 Å². The molecule has 0 aromatic carbocycles. The van der Waals surface area contributed by atoms with Gasteiger partial charge in [0.2, 0.25) is 0 Å². The Morgan fingerprint density at radius 3 is 1.71 bits per heavy atom. The van der Waals surface area contributed by atoms with Crippen molar-refractivity contribution in [2.45, 2.75) is 135 Å². The normalized spacial score (nSPS) is 15.2. The Balaban J connectivity index is 4.71. The third-order valence-corrected chi connectivity index (χ3v) is 9.36. The topological polar surface area (TPSA) is 131 Å². The molecule has 1 N–H and O–H groups in total. The molecule has 0 radical (unpaired) electrons. The summed E-state index contributed by atoms with van der Waals surface area (Å²) in [6, 6.07) is 0. The fraction of sp³-hybridized carbons (Fsp3) is 0.583. The average Bonchev–Trinajstić information content (AvgIpc) is 3.18. The van der Waals surface area contributed by atoms with Gasteiger partial charge in [0.25, 0.3) is 7.82 Å². The molecule has 0 aliphatic heterocycles. The van der Waals surface area contributed by atoms with Gasteiger partial charge in [0, 0.05) is 12.8 Å². The number of carbonyl (C=O) groups excluding carboxylic acids is 2. The van der Waals surface area contributed by atoms with Crippen LogP contribution in [-0.4, -0.2) is 81.2 Å². The first-order valence-electron chi connectivity index (χ1n) is 21.7. The summed E-state index contributed by atoms with van der Waals surface area (Å²) in [5.74, 6) is -1.18. The molecule has 2 unspecified atom stereocenters. The van der Waals surface area contributed by atoms with Gasteiger partial charge in [0.1, 0.15) is 19.8 Å². The van der Waals surface area contributed by atoms with E-state index in [0.29, 0.717) is 17.4 Å². The summed E-state index contributed by atoms with van der Waals surface area (Å²) in [6.07, 6.45) is 48.8. The highest BCUT2D eigenvalue weighted by molar-refractivity contribution is 7.45. The Kier molecular flexibility index (Phi) is 36.6. The number of esters is 2. The van der Waals surface area contributed by atoms with E-state index >= 15 is 0 Å². The van der Waals surface area contributed by atoms with Crippen LogP contribution in [-0.2, 0) is 32.7 Å². The maximum Gasteiger partial charge on any atom is 0.306 e. The lowest BCUT2D eigenvalue weighted by Gasteiger charge is -2.28. The standard InChI is InChI=1S/C48H78NO9P/c1-6-8-10-12-14-16-18-20-22-24-25-27-29-31-33-35-37-45(50)39-40-48(52)58-46(44-57-59(53,54)56-42-41-49(3,4)5)43-55-47(51)38-36-34-32-30-28-26-23-21-19-17-15-13-11-9-7-2/h8,10,14-17,20-23,25,27-28,30-31,33,35,37,45-46,50H,6-7,9,11-13,18-19,24,26,29,32,34,36,38-44H2,1-5H3/b10-8-,16-14-,17-15-,22-20-,23-21-,27-25-,30-28-,33-31-,37-35-/t45?,46-/m1/s1. The summed E-state index contributed by atoms with van der Waals surface area (Å²) in [5.41, 5.74) is 0. The first kappa shape index (κ1) is 55.6. The molecule has 0 fully saturated rings. The zero-order valence-corrected chi connectivity index (χ0v) is 37.9. The summed E-state index contributed by atoms with van der Waals surface area (Å²) < 4.78 is 33.6. The number of unbranched alkanes of at least 4 members (excludes halogenated alkanes) is 5. The van der Waals surface area contributed by atoms with Crippen LogP contribution in [0.1, 0.15) is 123 Å². The number of quaternary nitrogens is 1. The van der Waals surface area contributed by atoms with E-state index in [0.717, 1.165) is 64.2 Å². The van der Waals surface area contributed by atoms with Gasteiger partial charge in [-0.3, -0.25) is 14.2 Å². The Labute approximate surface area is 358 Å². The van der Waals surface area contributed by atoms with Crippen molar-refractivity contribution < 1.29 is 47.2 Å². The first-order chi connectivity index (χ1) is 28.4. The van der Waals surface area contributed by atoms with Crippen molar-refractivity contribution in [3.05, 3.63) is 109 Å². The van der Waals surface area contributed by atoms with Crippen LogP contribution in [0.4, 0.5) is 0 Å². The third kappa shape index (κ3) is 42.6. The van der Waals surface area contributed by atoms with Gasteiger partial charge in [-0.05, 0) is 83.5 Å². The molecule has 334 valence electrons. The predicted octanol–water partition coefficient (Wildman–Crippen LogP) is 10.7. The zero-order chi connectivity index (χ0) is 43.7. The lowest BCUT2D eigenvalue weighted by molar-refractivity contribution is -0.870. The number of likely N-dealkylation sites (N-methyl/N-ethyl adjacent to an activating group) is 1. The summed E-state index contributed by atoms with van der Waals surface area (Å²) in [6.45, 7) is 3.72. The Morgan fingerprint density at radius 2 is 1.17 bits per heavy atom. The number of hydrogen-bond acceptors (Lipinski definition) is 9. The maximum atomic E-state index is 12.7. The summed E-state index contributed by atoms with van der Waals surface area (Å²) in [5, 5.41) is 10.3. The van der Waals surface area contributed by atoms with Gasteiger partial charge in [-0.15, -0.1) is 0 Å². The van der Waals surface area contributed by atoms with Gasteiger partial charge in [-0.1, -0.05) is 136 Å². The fourth-order valence-corrected chi connectivity index (χ4v) is 5.67. The number of ether oxygens (including phenoxy) is 2. The highest BCUT2D eigenvalue weighted by atomic mass is 31.2. The molecule has 0 rings (SSSR count). The van der Waals surface area contributed by atoms with Crippen LogP contribution in [0.5, 0.6) is 0 Å². The van der Waals surface area contributed by atoms with Crippen molar-refractivity contribution in [1.82, 2.24) is 0 Å². The van der Waals surface area contributed by atoms with Crippen molar-refractivity contribution in [2.75, 3.05) is 47.5 Å². The minimum Gasteiger partial charge on any atom is -0.756 e. The van der Waals surface area contributed by atoms with E-state index in [9.17, 15) is 24.2 Å². The summed E-state index contributed by atoms with van der Waals surface area (Å²) in [4.78, 5) is 37.5. The smallest absolute Gasteiger partial charge is 0.306 e. The van der Waals surface area contributed by atoms with Crippen molar-refractivity contribution in [2.24, 2.45) is 0 Å². The van der Waals surface area contributed by atoms with E-state index in [2.05, 4.69) is 98.9 Å². The molecule has 0 heterocycles. The molecule has 0 aliphatic rings. The minimum atomic E-state index is -4.71. The van der Waals surface area contributed by atoms with Gasteiger partial charge >= 0.3 is 11.9 Å². The number of phosphoric acid groups is 1. The van der Waals surface area contributed by atoms with Crippen LogP contribution in [0, 0.1) is 0 Å². The van der Waals surface area contributed by atoms with Crippen LogP contribution >= 0.6 is 7.82 Å². The second-order valence-corrected chi connectivity index (χ2v) is 16.6. The van der Waals surface area contributed by atoms with Crippen LogP contribution in [0.15, 0.2) is 109 Å². The molecule has 11 heteroatoms. The molecule has 0 aromatic heterocycles. The first-order valence-corrected chi connectivity index (χ1v) is 23.2. The monoisotopic (exact) mass is 844 g/mol. The van der Waals surface area contributed by atoms with Crippen LogP contribution in [0.2, 0.25) is 0 Å². The zero-order valence-electron chi connectivity index (χ0n) is 37.0. The molecule has 0 spiro atoms. The number of carbonyl (C=O) groups is 2. The van der Waals surface area contributed by atoms with Gasteiger partial charge in [-0.25, -0.2) is 0 Å². The minimum absolute atomic E-state index is 0.0858. The van der Waals surface area contributed by atoms with Gasteiger partial charge in [0.15, 0.2) is 6.10 Å². The molecule has 3 atom stereocenters. The molecule has 0 saturated heterocycles. The number of hydrogen-bond donors (Lipinski definition) is 1. The largest absolute Gasteiger partial charge is 0.756 e. The Morgan fingerprint density at radius 1 is 0.644 bits per heavy atom. The van der Waals surface area contributed by atoms with Crippen LogP contribution in [0.25, 0.3) is 0 Å². The molecular weight excluding hydrogens is 766 g/mol. The molecule has 0 aliphatic carbocycles. The second kappa shape index (κ2) is 38.8. The predicted molar refractivity (Wildman–Crippen MR) is 241 cm³/mol. The number of nitrogens with zero attached hydrogens (tertiary/aromatic N) is 1.